The predicted octanol–water partition coefficient (Wildman–Crippen LogP) is 1.20. The predicted molar refractivity (Wildman–Crippen MR) is 90.5 cm³/mol. The maximum Gasteiger partial charge on any atom is 0.346 e. The first-order valence-electron chi connectivity index (χ1n) is 8.32. The molecule has 8 nitrogen and oxygen atoms in total. The Morgan fingerprint density at radius 3 is 2.84 bits per heavy atom. The van der Waals surface area contributed by atoms with Crippen LogP contribution in [0.25, 0.3) is 0 Å². The van der Waals surface area contributed by atoms with Gasteiger partial charge in [-0.2, -0.15) is 5.10 Å². The number of nitrogens with zero attached hydrogens (tertiary/aromatic N) is 3. The highest BCUT2D eigenvalue weighted by atomic mass is 16.5. The first-order chi connectivity index (χ1) is 12.1. The highest BCUT2D eigenvalue weighted by Crippen LogP contribution is 2.16. The van der Waals surface area contributed by atoms with Gasteiger partial charge in [-0.3, -0.25) is 9.36 Å². The Kier molecular flexibility index (Phi) is 4.97. The third-order valence-corrected chi connectivity index (χ3v) is 4.02. The molecule has 3 rings (SSSR count). The number of carbonyl (C=O) groups is 2. The third kappa shape index (κ3) is 3.62. The highest BCUT2D eigenvalue weighted by molar-refractivity contribution is 6.01. The molecule has 2 heterocycles. The Labute approximate surface area is 144 Å². The van der Waals surface area contributed by atoms with Crippen LogP contribution in [0.1, 0.15) is 35.9 Å². The third-order valence-electron chi connectivity index (χ3n) is 4.02. The average Bonchev–Trinajstić information content (AvgIpc) is 2.91. The molecule has 0 saturated carbocycles. The summed E-state index contributed by atoms with van der Waals surface area (Å²) in [5.41, 5.74) is 0.348. The van der Waals surface area contributed by atoms with E-state index in [4.69, 9.17) is 4.74 Å². The van der Waals surface area contributed by atoms with E-state index in [0.717, 1.165) is 25.1 Å². The fraction of sp³-hybridized carbons (Fsp3) is 0.412. The maximum absolute atomic E-state index is 12.3. The molecular weight excluding hydrogens is 324 g/mol. The van der Waals surface area contributed by atoms with Gasteiger partial charge in [0.05, 0.1) is 17.9 Å². The zero-order valence-electron chi connectivity index (χ0n) is 14.0. The molecule has 0 bridgehead atoms. The summed E-state index contributed by atoms with van der Waals surface area (Å²) in [6.45, 7) is 2.40. The molecule has 0 unspecified atom stereocenters. The van der Waals surface area contributed by atoms with Crippen molar-refractivity contribution in [2.45, 2.75) is 39.3 Å². The van der Waals surface area contributed by atoms with E-state index in [0.29, 0.717) is 12.2 Å². The number of esters is 1. The van der Waals surface area contributed by atoms with Gasteiger partial charge in [0.25, 0.3) is 0 Å². The lowest BCUT2D eigenvalue weighted by Crippen LogP contribution is -2.31. The van der Waals surface area contributed by atoms with Crippen molar-refractivity contribution in [1.29, 1.82) is 0 Å². The lowest BCUT2D eigenvalue weighted by atomic mass is 10.2. The molecule has 0 radical (unpaired) electrons. The van der Waals surface area contributed by atoms with Crippen molar-refractivity contribution in [1.82, 2.24) is 14.3 Å². The molecule has 0 fully saturated rings. The Bertz CT molecular complexity index is 853. The van der Waals surface area contributed by atoms with E-state index >= 15 is 0 Å². The second-order valence-electron chi connectivity index (χ2n) is 5.78. The van der Waals surface area contributed by atoms with Crippen molar-refractivity contribution in [2.24, 2.45) is 0 Å². The summed E-state index contributed by atoms with van der Waals surface area (Å²) in [4.78, 5) is 36.5. The first kappa shape index (κ1) is 16.9. The normalized spacial score (nSPS) is 13.2. The standard InChI is InChI=1S/C17H20N4O4/c1-2-25-16(23)12-7-3-4-8-13(12)18-15(22)11-21-17(24)20-10-6-5-9-14(20)19-21/h3-4,7-8H,2,5-6,9-11H2,1H3,(H,18,22). The molecule has 8 heteroatoms. The number of carbonyl (C=O) groups excluding carboxylic acids is 2. The van der Waals surface area contributed by atoms with Crippen LogP contribution in [0.5, 0.6) is 0 Å². The topological polar surface area (TPSA) is 95.2 Å². The van der Waals surface area contributed by atoms with Gasteiger partial charge in [0.1, 0.15) is 12.4 Å². The number of benzene rings is 1. The number of ether oxygens (including phenoxy) is 1. The van der Waals surface area contributed by atoms with Crippen molar-refractivity contribution >= 4 is 17.6 Å². The number of anilines is 1. The Morgan fingerprint density at radius 2 is 2.08 bits per heavy atom. The van der Waals surface area contributed by atoms with Crippen LogP contribution in [0.3, 0.4) is 0 Å². The van der Waals surface area contributed by atoms with Crippen molar-refractivity contribution in [3.05, 3.63) is 46.1 Å². The summed E-state index contributed by atoms with van der Waals surface area (Å²) in [5, 5.41) is 6.89. The molecule has 0 saturated heterocycles. The molecule has 1 aliphatic rings. The summed E-state index contributed by atoms with van der Waals surface area (Å²) >= 11 is 0. The van der Waals surface area contributed by atoms with E-state index in [1.807, 2.05) is 0 Å². The number of fused-ring (bicyclic) bond motifs is 1. The molecule has 1 aromatic heterocycles. The molecule has 2 aromatic rings. The van der Waals surface area contributed by atoms with Crippen molar-refractivity contribution in [3.63, 3.8) is 0 Å². The number of rotatable bonds is 5. The quantitative estimate of drug-likeness (QED) is 0.822. The second-order valence-corrected chi connectivity index (χ2v) is 5.78. The number of para-hydroxylation sites is 1. The number of amides is 1. The van der Waals surface area contributed by atoms with Gasteiger partial charge in [-0.1, -0.05) is 12.1 Å². The fourth-order valence-corrected chi connectivity index (χ4v) is 2.86. The summed E-state index contributed by atoms with van der Waals surface area (Å²) in [6, 6.07) is 6.59. The van der Waals surface area contributed by atoms with E-state index in [1.165, 1.54) is 4.68 Å². The Balaban J connectivity index is 1.75. The van der Waals surface area contributed by atoms with Crippen LogP contribution in [0, 0.1) is 0 Å². The van der Waals surface area contributed by atoms with Gasteiger partial charge in [0, 0.05) is 13.0 Å². The van der Waals surface area contributed by atoms with Crippen LogP contribution in [-0.4, -0.2) is 32.8 Å². The molecule has 0 spiro atoms. The lowest BCUT2D eigenvalue weighted by molar-refractivity contribution is -0.117. The van der Waals surface area contributed by atoms with E-state index in [2.05, 4.69) is 10.4 Å². The largest absolute Gasteiger partial charge is 0.462 e. The van der Waals surface area contributed by atoms with E-state index in [-0.39, 0.29) is 24.4 Å². The average molecular weight is 344 g/mol. The maximum atomic E-state index is 12.3. The summed E-state index contributed by atoms with van der Waals surface area (Å²) < 4.78 is 7.77. The second kappa shape index (κ2) is 7.33. The molecule has 0 aliphatic carbocycles. The molecular formula is C17H20N4O4. The van der Waals surface area contributed by atoms with Crippen LogP contribution >= 0.6 is 0 Å². The van der Waals surface area contributed by atoms with Gasteiger partial charge < -0.3 is 10.1 Å². The molecule has 1 aromatic carbocycles. The van der Waals surface area contributed by atoms with Crippen LogP contribution in [0.4, 0.5) is 5.69 Å². The number of hydrogen-bond acceptors (Lipinski definition) is 5. The van der Waals surface area contributed by atoms with Gasteiger partial charge >= 0.3 is 11.7 Å². The Morgan fingerprint density at radius 1 is 1.28 bits per heavy atom. The van der Waals surface area contributed by atoms with Crippen molar-refractivity contribution in [2.75, 3.05) is 11.9 Å². The van der Waals surface area contributed by atoms with Gasteiger partial charge in [-0.25, -0.2) is 14.3 Å². The van der Waals surface area contributed by atoms with Crippen molar-refractivity contribution in [3.8, 4) is 0 Å². The molecule has 25 heavy (non-hydrogen) atoms. The molecule has 132 valence electrons. The summed E-state index contributed by atoms with van der Waals surface area (Å²) in [7, 11) is 0. The zero-order valence-corrected chi connectivity index (χ0v) is 14.0. The summed E-state index contributed by atoms with van der Waals surface area (Å²) in [6.07, 6.45) is 2.68. The lowest BCUT2D eigenvalue weighted by Gasteiger charge is -2.10. The molecule has 1 N–H and O–H groups in total. The smallest absolute Gasteiger partial charge is 0.346 e. The van der Waals surface area contributed by atoms with E-state index in [1.54, 1.807) is 35.8 Å². The summed E-state index contributed by atoms with van der Waals surface area (Å²) in [5.74, 6) is -0.210. The van der Waals surface area contributed by atoms with Crippen LogP contribution < -0.4 is 11.0 Å². The van der Waals surface area contributed by atoms with E-state index < -0.39 is 11.9 Å². The minimum atomic E-state index is -0.506. The molecule has 1 amide bonds. The van der Waals surface area contributed by atoms with Gasteiger partial charge in [-0.05, 0) is 31.9 Å². The van der Waals surface area contributed by atoms with Gasteiger partial charge in [-0.15, -0.1) is 0 Å². The SMILES string of the molecule is CCOC(=O)c1ccccc1NC(=O)Cn1nc2n(c1=O)CCCC2. The Hall–Kier alpha value is -2.90. The number of aryl methyl sites for hydroxylation is 1. The monoisotopic (exact) mass is 344 g/mol. The number of hydrogen-bond donors (Lipinski definition) is 1. The molecule has 1 aliphatic heterocycles. The van der Waals surface area contributed by atoms with Crippen LogP contribution in [0.2, 0.25) is 0 Å². The molecule has 0 atom stereocenters. The minimum absolute atomic E-state index is 0.198. The highest BCUT2D eigenvalue weighted by Gasteiger charge is 2.19. The van der Waals surface area contributed by atoms with Crippen LogP contribution in [0.15, 0.2) is 29.1 Å². The number of aromatic nitrogens is 3. The van der Waals surface area contributed by atoms with Crippen molar-refractivity contribution < 1.29 is 14.3 Å². The van der Waals surface area contributed by atoms with Crippen LogP contribution in [-0.2, 0) is 29.0 Å². The van der Waals surface area contributed by atoms with Gasteiger partial charge in [0.2, 0.25) is 5.91 Å². The number of nitrogens with one attached hydrogen (secondary N) is 1. The zero-order chi connectivity index (χ0) is 17.8. The van der Waals surface area contributed by atoms with E-state index in [9.17, 15) is 14.4 Å². The van der Waals surface area contributed by atoms with Gasteiger partial charge in [0.15, 0.2) is 0 Å². The fourth-order valence-electron chi connectivity index (χ4n) is 2.86. The minimum Gasteiger partial charge on any atom is -0.462 e. The first-order valence-corrected chi connectivity index (χ1v) is 8.32.